The van der Waals surface area contributed by atoms with Gasteiger partial charge in [-0.2, -0.15) is 0 Å². The first-order valence-electron chi connectivity index (χ1n) is 6.08. The maximum Gasteiger partial charge on any atom is 0.142 e. The normalized spacial score (nSPS) is 16.1. The molecule has 4 nitrogen and oxygen atoms in total. The van der Waals surface area contributed by atoms with Crippen molar-refractivity contribution in [3.8, 4) is 11.5 Å². The molecule has 2 rings (SSSR count). The highest BCUT2D eigenvalue weighted by Gasteiger charge is 2.10. The number of nitrogens with zero attached hydrogens (tertiary/aromatic N) is 1. The number of ether oxygens (including phenoxy) is 2. The molecular formula is C13H20N2O2. The third kappa shape index (κ3) is 3.27. The minimum atomic E-state index is 0.617. The molecule has 0 radical (unpaired) electrons. The Balaban J connectivity index is 1.80. The lowest BCUT2D eigenvalue weighted by Gasteiger charge is -2.15. The lowest BCUT2D eigenvalue weighted by molar-refractivity contribution is 0.237. The van der Waals surface area contributed by atoms with Crippen LogP contribution >= 0.6 is 0 Å². The molecule has 1 aromatic carbocycles. The van der Waals surface area contributed by atoms with Crippen molar-refractivity contribution in [2.45, 2.75) is 12.8 Å². The molecular weight excluding hydrogens is 216 g/mol. The van der Waals surface area contributed by atoms with Crippen molar-refractivity contribution in [3.05, 3.63) is 18.2 Å². The SMILES string of the molecule is COc1ccc(OCCN2CCCC2)cc1N. The molecule has 1 saturated heterocycles. The first-order valence-corrected chi connectivity index (χ1v) is 6.08. The van der Waals surface area contributed by atoms with E-state index >= 15 is 0 Å². The van der Waals surface area contributed by atoms with Gasteiger partial charge in [0.2, 0.25) is 0 Å². The Labute approximate surface area is 102 Å². The molecule has 94 valence electrons. The average molecular weight is 236 g/mol. The van der Waals surface area contributed by atoms with Gasteiger partial charge in [0.15, 0.2) is 0 Å². The van der Waals surface area contributed by atoms with Gasteiger partial charge in [-0.15, -0.1) is 0 Å². The van der Waals surface area contributed by atoms with Gasteiger partial charge >= 0.3 is 0 Å². The second-order valence-corrected chi connectivity index (χ2v) is 4.30. The fraction of sp³-hybridized carbons (Fsp3) is 0.538. The van der Waals surface area contributed by atoms with Crippen molar-refractivity contribution in [2.75, 3.05) is 39.1 Å². The molecule has 0 atom stereocenters. The highest BCUT2D eigenvalue weighted by atomic mass is 16.5. The Morgan fingerprint density at radius 3 is 2.71 bits per heavy atom. The highest BCUT2D eigenvalue weighted by molar-refractivity contribution is 5.56. The predicted octanol–water partition coefficient (Wildman–Crippen LogP) is 1.75. The average Bonchev–Trinajstić information content (AvgIpc) is 2.82. The molecule has 0 aliphatic carbocycles. The molecule has 2 N–H and O–H groups in total. The van der Waals surface area contributed by atoms with E-state index in [2.05, 4.69) is 4.90 Å². The number of hydrogen-bond donors (Lipinski definition) is 1. The van der Waals surface area contributed by atoms with Gasteiger partial charge in [-0.3, -0.25) is 4.90 Å². The first kappa shape index (κ1) is 12.0. The number of rotatable bonds is 5. The standard InChI is InChI=1S/C13H20N2O2/c1-16-13-5-4-11(10-12(13)14)17-9-8-15-6-2-3-7-15/h4-5,10H,2-3,6-9,14H2,1H3. The third-order valence-electron chi connectivity index (χ3n) is 3.08. The topological polar surface area (TPSA) is 47.7 Å². The molecule has 1 aromatic rings. The van der Waals surface area contributed by atoms with E-state index in [9.17, 15) is 0 Å². The fourth-order valence-electron chi connectivity index (χ4n) is 2.10. The predicted molar refractivity (Wildman–Crippen MR) is 68.6 cm³/mol. The van der Waals surface area contributed by atoms with Gasteiger partial charge in [0.05, 0.1) is 12.8 Å². The molecule has 1 fully saturated rings. The van der Waals surface area contributed by atoms with Gasteiger partial charge in [0.1, 0.15) is 18.1 Å². The van der Waals surface area contributed by atoms with Crippen LogP contribution in [0.1, 0.15) is 12.8 Å². The van der Waals surface area contributed by atoms with Crippen LogP contribution in [0.5, 0.6) is 11.5 Å². The van der Waals surface area contributed by atoms with E-state index in [1.807, 2.05) is 18.2 Å². The molecule has 17 heavy (non-hydrogen) atoms. The minimum Gasteiger partial charge on any atom is -0.495 e. The number of likely N-dealkylation sites (tertiary alicyclic amines) is 1. The Morgan fingerprint density at radius 2 is 2.06 bits per heavy atom. The molecule has 0 aromatic heterocycles. The molecule has 1 aliphatic heterocycles. The molecule has 4 heteroatoms. The molecule has 1 aliphatic rings. The van der Waals surface area contributed by atoms with E-state index in [-0.39, 0.29) is 0 Å². The van der Waals surface area contributed by atoms with E-state index in [1.165, 1.54) is 25.9 Å². The smallest absolute Gasteiger partial charge is 0.142 e. The largest absolute Gasteiger partial charge is 0.495 e. The molecule has 0 amide bonds. The van der Waals surface area contributed by atoms with Gasteiger partial charge < -0.3 is 15.2 Å². The highest BCUT2D eigenvalue weighted by Crippen LogP contribution is 2.25. The Bertz CT molecular complexity index is 362. The van der Waals surface area contributed by atoms with Crippen molar-refractivity contribution in [1.82, 2.24) is 4.90 Å². The zero-order valence-corrected chi connectivity index (χ0v) is 10.3. The van der Waals surface area contributed by atoms with Crippen LogP contribution in [0, 0.1) is 0 Å². The maximum atomic E-state index is 5.81. The van der Waals surface area contributed by atoms with Crippen LogP contribution in [0.2, 0.25) is 0 Å². The number of nitrogens with two attached hydrogens (primary N) is 1. The van der Waals surface area contributed by atoms with Gasteiger partial charge in [0.25, 0.3) is 0 Å². The van der Waals surface area contributed by atoms with Crippen molar-refractivity contribution in [1.29, 1.82) is 0 Å². The summed E-state index contributed by atoms with van der Waals surface area (Å²) in [6.07, 6.45) is 2.63. The van der Waals surface area contributed by atoms with Crippen LogP contribution in [0.4, 0.5) is 5.69 Å². The van der Waals surface area contributed by atoms with Gasteiger partial charge in [0, 0.05) is 12.6 Å². The summed E-state index contributed by atoms with van der Waals surface area (Å²) in [6, 6.07) is 5.53. The van der Waals surface area contributed by atoms with Gasteiger partial charge in [-0.1, -0.05) is 0 Å². The van der Waals surface area contributed by atoms with Gasteiger partial charge in [-0.25, -0.2) is 0 Å². The summed E-state index contributed by atoms with van der Waals surface area (Å²) in [4.78, 5) is 2.42. The van der Waals surface area contributed by atoms with Crippen molar-refractivity contribution in [2.24, 2.45) is 0 Å². The Hall–Kier alpha value is -1.42. The summed E-state index contributed by atoms with van der Waals surface area (Å²) < 4.78 is 10.8. The van der Waals surface area contributed by atoms with Crippen LogP contribution < -0.4 is 15.2 Å². The monoisotopic (exact) mass is 236 g/mol. The zero-order valence-electron chi connectivity index (χ0n) is 10.3. The zero-order chi connectivity index (χ0) is 12.1. The van der Waals surface area contributed by atoms with Gasteiger partial charge in [-0.05, 0) is 38.1 Å². The second kappa shape index (κ2) is 5.77. The van der Waals surface area contributed by atoms with E-state index in [0.29, 0.717) is 18.0 Å². The van der Waals surface area contributed by atoms with Crippen LogP contribution in [0.3, 0.4) is 0 Å². The van der Waals surface area contributed by atoms with Crippen LogP contribution in [0.25, 0.3) is 0 Å². The molecule has 0 spiro atoms. The van der Waals surface area contributed by atoms with Crippen LogP contribution in [-0.4, -0.2) is 38.3 Å². The number of nitrogen functional groups attached to an aromatic ring is 1. The maximum absolute atomic E-state index is 5.81. The summed E-state index contributed by atoms with van der Waals surface area (Å²) in [6.45, 7) is 4.11. The van der Waals surface area contributed by atoms with Crippen molar-refractivity contribution >= 4 is 5.69 Å². The van der Waals surface area contributed by atoms with Crippen molar-refractivity contribution < 1.29 is 9.47 Å². The van der Waals surface area contributed by atoms with Crippen molar-refractivity contribution in [3.63, 3.8) is 0 Å². The number of anilines is 1. The van der Waals surface area contributed by atoms with E-state index in [4.69, 9.17) is 15.2 Å². The van der Waals surface area contributed by atoms with E-state index in [0.717, 1.165) is 12.3 Å². The lowest BCUT2D eigenvalue weighted by atomic mass is 10.3. The quantitative estimate of drug-likeness (QED) is 0.791. The van der Waals surface area contributed by atoms with Crippen LogP contribution in [-0.2, 0) is 0 Å². The lowest BCUT2D eigenvalue weighted by Crippen LogP contribution is -2.25. The summed E-state index contributed by atoms with van der Waals surface area (Å²) in [5, 5.41) is 0. The minimum absolute atomic E-state index is 0.617. The second-order valence-electron chi connectivity index (χ2n) is 4.30. The summed E-state index contributed by atoms with van der Waals surface area (Å²) in [5.41, 5.74) is 6.43. The fourth-order valence-corrected chi connectivity index (χ4v) is 2.10. The van der Waals surface area contributed by atoms with Crippen LogP contribution in [0.15, 0.2) is 18.2 Å². The van der Waals surface area contributed by atoms with E-state index < -0.39 is 0 Å². The summed E-state index contributed by atoms with van der Waals surface area (Å²) in [5.74, 6) is 1.50. The molecule has 0 unspecified atom stereocenters. The molecule has 0 saturated carbocycles. The number of benzene rings is 1. The summed E-state index contributed by atoms with van der Waals surface area (Å²) >= 11 is 0. The molecule has 0 bridgehead atoms. The summed E-state index contributed by atoms with van der Waals surface area (Å²) in [7, 11) is 1.61. The third-order valence-corrected chi connectivity index (χ3v) is 3.08. The van der Waals surface area contributed by atoms with E-state index in [1.54, 1.807) is 7.11 Å². The Morgan fingerprint density at radius 1 is 1.29 bits per heavy atom. The first-order chi connectivity index (χ1) is 8.29. The molecule has 1 heterocycles. The number of hydrogen-bond acceptors (Lipinski definition) is 4. The number of methoxy groups -OCH3 is 1. The Kier molecular flexibility index (Phi) is 4.09.